The molecule has 2 N–H and O–H groups in total. The van der Waals surface area contributed by atoms with Crippen LogP contribution in [0.15, 0.2) is 97.1 Å². The van der Waals surface area contributed by atoms with E-state index in [0.29, 0.717) is 46.8 Å². The van der Waals surface area contributed by atoms with E-state index in [1.165, 1.54) is 0 Å². The first-order chi connectivity index (χ1) is 21.3. The van der Waals surface area contributed by atoms with Gasteiger partial charge < -0.3 is 24.8 Å². The lowest BCUT2D eigenvalue weighted by atomic mass is 9.94. The van der Waals surface area contributed by atoms with E-state index in [1.54, 1.807) is 36.3 Å². The molecule has 0 fully saturated rings. The van der Waals surface area contributed by atoms with Gasteiger partial charge >= 0.3 is 5.97 Å². The zero-order valence-corrected chi connectivity index (χ0v) is 25.3. The first kappa shape index (κ1) is 31.8. The van der Waals surface area contributed by atoms with Crippen LogP contribution in [-0.2, 0) is 11.2 Å². The van der Waals surface area contributed by atoms with Crippen molar-refractivity contribution in [3.8, 4) is 22.6 Å². The van der Waals surface area contributed by atoms with Crippen LogP contribution in [-0.4, -0.2) is 54.6 Å². The lowest BCUT2D eigenvalue weighted by molar-refractivity contribution is -0.137. The Morgan fingerprint density at radius 3 is 2.11 bits per heavy atom. The second-order valence-corrected chi connectivity index (χ2v) is 10.3. The van der Waals surface area contributed by atoms with E-state index in [9.17, 15) is 19.5 Å². The van der Waals surface area contributed by atoms with Gasteiger partial charge in [0.2, 0.25) is 0 Å². The molecule has 0 aliphatic heterocycles. The van der Waals surface area contributed by atoms with Crippen LogP contribution < -0.4 is 14.8 Å². The van der Waals surface area contributed by atoms with Crippen molar-refractivity contribution >= 4 is 17.8 Å². The van der Waals surface area contributed by atoms with Crippen molar-refractivity contribution in [2.75, 3.05) is 26.8 Å². The van der Waals surface area contributed by atoms with Crippen LogP contribution in [0.3, 0.4) is 0 Å². The highest BCUT2D eigenvalue weighted by molar-refractivity contribution is 6.06. The van der Waals surface area contributed by atoms with Gasteiger partial charge in [0.05, 0.1) is 26.2 Å². The highest BCUT2D eigenvalue weighted by atomic mass is 16.5. The van der Waals surface area contributed by atoms with Crippen molar-refractivity contribution in [3.05, 3.63) is 119 Å². The smallest absolute Gasteiger partial charge is 0.305 e. The molecule has 0 saturated carbocycles. The summed E-state index contributed by atoms with van der Waals surface area (Å²) in [5.41, 5.74) is 3.94. The van der Waals surface area contributed by atoms with E-state index in [-0.39, 0.29) is 37.4 Å². The van der Waals surface area contributed by atoms with Crippen LogP contribution in [0.2, 0.25) is 0 Å². The molecule has 0 aliphatic rings. The number of methoxy groups -OCH3 is 1. The molecule has 4 aromatic rings. The molecule has 0 aliphatic carbocycles. The Morgan fingerprint density at radius 2 is 1.45 bits per heavy atom. The molecule has 8 nitrogen and oxygen atoms in total. The summed E-state index contributed by atoms with van der Waals surface area (Å²) >= 11 is 0. The van der Waals surface area contributed by atoms with Gasteiger partial charge in [0.15, 0.2) is 11.5 Å². The predicted octanol–water partition coefficient (Wildman–Crippen LogP) is 6.41. The van der Waals surface area contributed by atoms with Crippen LogP contribution in [0.4, 0.5) is 0 Å². The van der Waals surface area contributed by atoms with Crippen molar-refractivity contribution in [2.45, 2.75) is 32.7 Å². The number of carboxylic acids is 1. The zero-order chi connectivity index (χ0) is 31.5. The fraction of sp³-hybridized carbons (Fsp3) is 0.250. The van der Waals surface area contributed by atoms with E-state index in [4.69, 9.17) is 9.47 Å². The number of aliphatic carboxylic acids is 1. The molecule has 0 aromatic heterocycles. The predicted molar refractivity (Wildman–Crippen MR) is 170 cm³/mol. The molecule has 8 heteroatoms. The Bertz CT molecular complexity index is 1590. The van der Waals surface area contributed by atoms with E-state index < -0.39 is 5.97 Å². The van der Waals surface area contributed by atoms with E-state index in [0.717, 1.165) is 11.1 Å². The standard InChI is InChI=1S/C36H38N2O6/c1-4-44-33-24-26(18-19-32(33)43-3)20-22-38(23-21-34(39)40)36(42)31-17-11-9-15-29(31)28-14-8-10-16-30(28)35(41)37-25(2)27-12-6-5-7-13-27/h5-19,24-25H,4,20-23H2,1-3H3,(H,37,41)(H,39,40). The van der Waals surface area contributed by atoms with Gasteiger partial charge in [-0.3, -0.25) is 14.4 Å². The third-order valence-electron chi connectivity index (χ3n) is 7.35. The second kappa shape index (κ2) is 15.4. The summed E-state index contributed by atoms with van der Waals surface area (Å²) in [6.07, 6.45) is 0.283. The van der Waals surface area contributed by atoms with Crippen LogP contribution in [0.25, 0.3) is 11.1 Å². The number of carboxylic acid groups (broad SMARTS) is 1. The molecule has 0 saturated heterocycles. The van der Waals surface area contributed by atoms with Crippen LogP contribution in [0.5, 0.6) is 11.5 Å². The van der Waals surface area contributed by atoms with Crippen molar-refractivity contribution in [2.24, 2.45) is 0 Å². The fourth-order valence-electron chi connectivity index (χ4n) is 5.04. The first-order valence-electron chi connectivity index (χ1n) is 14.7. The zero-order valence-electron chi connectivity index (χ0n) is 25.3. The Balaban J connectivity index is 1.62. The molecule has 0 bridgehead atoms. The molecule has 2 amide bonds. The van der Waals surface area contributed by atoms with Crippen molar-refractivity contribution in [1.82, 2.24) is 10.2 Å². The summed E-state index contributed by atoms with van der Waals surface area (Å²) in [5.74, 6) is -0.338. The minimum atomic E-state index is -0.992. The number of nitrogens with one attached hydrogen (secondary N) is 1. The first-order valence-corrected chi connectivity index (χ1v) is 14.7. The van der Waals surface area contributed by atoms with Crippen molar-refractivity contribution < 1.29 is 29.0 Å². The van der Waals surface area contributed by atoms with Gasteiger partial charge in [-0.15, -0.1) is 0 Å². The largest absolute Gasteiger partial charge is 0.493 e. The Hall–Kier alpha value is -5.11. The minimum Gasteiger partial charge on any atom is -0.493 e. The molecule has 1 atom stereocenters. The average molecular weight is 595 g/mol. The summed E-state index contributed by atoms with van der Waals surface area (Å²) in [4.78, 5) is 40.6. The molecule has 4 aromatic carbocycles. The molecule has 1 unspecified atom stereocenters. The van der Waals surface area contributed by atoms with Gasteiger partial charge in [-0.25, -0.2) is 0 Å². The van der Waals surface area contributed by atoms with Gasteiger partial charge in [0.25, 0.3) is 11.8 Å². The van der Waals surface area contributed by atoms with Gasteiger partial charge in [-0.2, -0.15) is 0 Å². The number of amides is 2. The molecule has 0 heterocycles. The Kier molecular flexibility index (Phi) is 11.1. The third kappa shape index (κ3) is 8.04. The summed E-state index contributed by atoms with van der Waals surface area (Å²) in [6, 6.07) is 29.4. The quantitative estimate of drug-likeness (QED) is 0.175. The summed E-state index contributed by atoms with van der Waals surface area (Å²) in [5, 5.41) is 12.5. The number of carbonyl (C=O) groups is 3. The van der Waals surface area contributed by atoms with E-state index in [1.807, 2.05) is 86.6 Å². The minimum absolute atomic E-state index is 0.0354. The van der Waals surface area contributed by atoms with Crippen molar-refractivity contribution in [3.63, 3.8) is 0 Å². The molecule has 4 rings (SSSR count). The SMILES string of the molecule is CCOc1cc(CCN(CCC(=O)O)C(=O)c2ccccc2-c2ccccc2C(=O)NC(C)c2ccccc2)ccc1OC. The van der Waals surface area contributed by atoms with Crippen molar-refractivity contribution in [1.29, 1.82) is 0 Å². The maximum atomic E-state index is 14.1. The highest BCUT2D eigenvalue weighted by Gasteiger charge is 2.23. The van der Waals surface area contributed by atoms with Gasteiger partial charge in [-0.05, 0) is 66.8 Å². The van der Waals surface area contributed by atoms with E-state index in [2.05, 4.69) is 5.32 Å². The molecule has 44 heavy (non-hydrogen) atoms. The lowest BCUT2D eigenvalue weighted by Crippen LogP contribution is -2.35. The number of nitrogens with zero attached hydrogens (tertiary/aromatic N) is 1. The van der Waals surface area contributed by atoms with Gasteiger partial charge in [-0.1, -0.05) is 72.8 Å². The number of hydrogen-bond acceptors (Lipinski definition) is 5. The second-order valence-electron chi connectivity index (χ2n) is 10.3. The number of benzene rings is 4. The van der Waals surface area contributed by atoms with Gasteiger partial charge in [0.1, 0.15) is 0 Å². The molecular formula is C36H38N2O6. The monoisotopic (exact) mass is 594 g/mol. The summed E-state index contributed by atoms with van der Waals surface area (Å²) in [7, 11) is 1.58. The highest BCUT2D eigenvalue weighted by Crippen LogP contribution is 2.30. The molecule has 228 valence electrons. The van der Waals surface area contributed by atoms with Crippen LogP contribution >= 0.6 is 0 Å². The molecular weight excluding hydrogens is 556 g/mol. The average Bonchev–Trinajstić information content (AvgIpc) is 3.05. The Morgan fingerprint density at radius 1 is 0.818 bits per heavy atom. The molecule has 0 radical (unpaired) electrons. The van der Waals surface area contributed by atoms with Crippen LogP contribution in [0.1, 0.15) is 58.2 Å². The van der Waals surface area contributed by atoms with Gasteiger partial charge in [0, 0.05) is 24.2 Å². The third-order valence-corrected chi connectivity index (χ3v) is 7.35. The van der Waals surface area contributed by atoms with Crippen LogP contribution in [0, 0.1) is 0 Å². The maximum absolute atomic E-state index is 14.1. The van der Waals surface area contributed by atoms with E-state index >= 15 is 0 Å². The fourth-order valence-corrected chi connectivity index (χ4v) is 5.04. The number of hydrogen-bond donors (Lipinski definition) is 2. The number of carbonyl (C=O) groups excluding carboxylic acids is 2. The lowest BCUT2D eigenvalue weighted by Gasteiger charge is -2.24. The number of rotatable bonds is 14. The maximum Gasteiger partial charge on any atom is 0.305 e. The topological polar surface area (TPSA) is 105 Å². The normalized spacial score (nSPS) is 11.3. The Labute approximate surface area is 258 Å². The summed E-state index contributed by atoms with van der Waals surface area (Å²) < 4.78 is 11.1. The summed E-state index contributed by atoms with van der Waals surface area (Å²) in [6.45, 7) is 4.61. The molecule has 0 spiro atoms. The number of ether oxygens (including phenoxy) is 2.